The molecular formula is C8H13NO7. The molecule has 0 fully saturated rings. The minimum Gasteiger partial charge on any atom is -0.480 e. The van der Waals surface area contributed by atoms with Crippen LogP contribution in [0.3, 0.4) is 0 Å². The summed E-state index contributed by atoms with van der Waals surface area (Å²) < 4.78 is 8.70. The van der Waals surface area contributed by atoms with Crippen molar-refractivity contribution in [1.82, 2.24) is 0 Å². The van der Waals surface area contributed by atoms with Crippen molar-refractivity contribution in [1.29, 1.82) is 0 Å². The van der Waals surface area contributed by atoms with Crippen molar-refractivity contribution in [2.45, 2.75) is 19.1 Å². The molecule has 0 rings (SSSR count). The Labute approximate surface area is 90.9 Å². The van der Waals surface area contributed by atoms with Gasteiger partial charge in [0.15, 0.2) is 6.61 Å². The molecule has 0 aliphatic rings. The van der Waals surface area contributed by atoms with Gasteiger partial charge in [0.05, 0.1) is 0 Å². The number of nitrogens with two attached hydrogens (primary N) is 1. The van der Waals surface area contributed by atoms with E-state index in [1.807, 2.05) is 0 Å². The molecule has 8 nitrogen and oxygen atoms in total. The number of hydrogen-bond donors (Lipinski definition) is 3. The molecule has 0 aromatic carbocycles. The summed E-state index contributed by atoms with van der Waals surface area (Å²) in [5.74, 6) is -3.22. The Hall–Kier alpha value is -1.67. The lowest BCUT2D eigenvalue weighted by molar-refractivity contribution is -0.164. The maximum atomic E-state index is 10.9. The van der Waals surface area contributed by atoms with E-state index in [0.29, 0.717) is 0 Å². The molecule has 0 bridgehead atoms. The van der Waals surface area contributed by atoms with Gasteiger partial charge >= 0.3 is 17.9 Å². The van der Waals surface area contributed by atoms with Crippen LogP contribution >= 0.6 is 0 Å². The highest BCUT2D eigenvalue weighted by Gasteiger charge is 2.16. The Morgan fingerprint density at radius 2 is 1.88 bits per heavy atom. The first kappa shape index (κ1) is 14.3. The van der Waals surface area contributed by atoms with Gasteiger partial charge in [0.1, 0.15) is 18.8 Å². The van der Waals surface area contributed by atoms with E-state index in [2.05, 4.69) is 9.47 Å². The van der Waals surface area contributed by atoms with E-state index in [4.69, 9.17) is 15.9 Å². The molecule has 0 aromatic heterocycles. The van der Waals surface area contributed by atoms with Gasteiger partial charge in [-0.2, -0.15) is 0 Å². The molecule has 0 saturated carbocycles. The van der Waals surface area contributed by atoms with Crippen LogP contribution in [0.15, 0.2) is 0 Å². The third kappa shape index (κ3) is 5.94. The summed E-state index contributed by atoms with van der Waals surface area (Å²) in [5.41, 5.74) is 5.04. The molecule has 0 aromatic rings. The van der Waals surface area contributed by atoms with Crippen molar-refractivity contribution in [2.24, 2.45) is 5.73 Å². The van der Waals surface area contributed by atoms with E-state index in [1.165, 1.54) is 6.92 Å². The number of rotatable bonds is 6. The van der Waals surface area contributed by atoms with Gasteiger partial charge in [0.2, 0.25) is 0 Å². The number of aliphatic hydroxyl groups excluding tert-OH is 1. The molecule has 4 N–H and O–H groups in total. The first-order chi connectivity index (χ1) is 7.34. The second-order valence-corrected chi connectivity index (χ2v) is 2.91. The number of carbonyl (C=O) groups excluding carboxylic acids is 2. The van der Waals surface area contributed by atoms with Gasteiger partial charge in [-0.15, -0.1) is 0 Å². The fourth-order valence-corrected chi connectivity index (χ4v) is 0.546. The third-order valence-electron chi connectivity index (χ3n) is 1.41. The Morgan fingerprint density at radius 3 is 2.31 bits per heavy atom. The van der Waals surface area contributed by atoms with Crippen LogP contribution in [-0.4, -0.2) is 53.5 Å². The number of carboxylic acid groups (broad SMARTS) is 1. The molecule has 16 heavy (non-hydrogen) atoms. The number of aliphatic hydroxyl groups is 1. The van der Waals surface area contributed by atoms with Gasteiger partial charge in [-0.1, -0.05) is 0 Å². The van der Waals surface area contributed by atoms with E-state index in [0.717, 1.165) is 0 Å². The van der Waals surface area contributed by atoms with Crippen molar-refractivity contribution >= 4 is 17.9 Å². The van der Waals surface area contributed by atoms with Gasteiger partial charge in [-0.25, -0.2) is 9.59 Å². The van der Waals surface area contributed by atoms with Gasteiger partial charge in [-0.05, 0) is 6.92 Å². The van der Waals surface area contributed by atoms with Gasteiger partial charge in [0.25, 0.3) is 0 Å². The monoisotopic (exact) mass is 235 g/mol. The molecule has 0 aliphatic carbocycles. The lowest BCUT2D eigenvalue weighted by Gasteiger charge is -2.09. The Morgan fingerprint density at radius 1 is 1.31 bits per heavy atom. The molecular weight excluding hydrogens is 222 g/mol. The Bertz CT molecular complexity index is 276. The molecule has 8 heteroatoms. The summed E-state index contributed by atoms with van der Waals surface area (Å²) in [6, 6.07) is -1.32. The Kier molecular flexibility index (Phi) is 6.04. The summed E-state index contributed by atoms with van der Waals surface area (Å²) in [7, 11) is 0. The summed E-state index contributed by atoms with van der Waals surface area (Å²) in [6.07, 6.45) is -1.34. The maximum absolute atomic E-state index is 10.9. The first-order valence-electron chi connectivity index (χ1n) is 4.33. The molecule has 0 aliphatic heterocycles. The summed E-state index contributed by atoms with van der Waals surface area (Å²) in [4.78, 5) is 31.8. The molecule has 2 unspecified atom stereocenters. The number of carboxylic acids is 1. The zero-order valence-electron chi connectivity index (χ0n) is 8.58. The summed E-state index contributed by atoms with van der Waals surface area (Å²) in [5, 5.41) is 17.1. The zero-order chi connectivity index (χ0) is 12.7. The number of aliphatic carboxylic acids is 1. The van der Waals surface area contributed by atoms with Crippen LogP contribution in [0.5, 0.6) is 0 Å². The number of esters is 2. The van der Waals surface area contributed by atoms with Crippen LogP contribution in [0.25, 0.3) is 0 Å². The predicted octanol–water partition coefficient (Wildman–Crippen LogP) is -2.13. The molecule has 0 saturated heterocycles. The fraction of sp³-hybridized carbons (Fsp3) is 0.625. The average Bonchev–Trinajstić information content (AvgIpc) is 2.21. The van der Waals surface area contributed by atoms with Crippen LogP contribution in [0.1, 0.15) is 6.92 Å². The van der Waals surface area contributed by atoms with E-state index >= 15 is 0 Å². The minimum atomic E-state index is -1.34. The highest BCUT2D eigenvalue weighted by molar-refractivity contribution is 5.79. The standard InChI is InChI=1S/C8H13NO7/c1-4(10)8(14)16-3-6(11)15-2-5(9)7(12)13/h4-5,10H,2-3,9H2,1H3,(H,12,13). The maximum Gasteiger partial charge on any atom is 0.344 e. The quantitative estimate of drug-likeness (QED) is 0.444. The summed E-state index contributed by atoms with van der Waals surface area (Å²) >= 11 is 0. The predicted molar refractivity (Wildman–Crippen MR) is 49.2 cm³/mol. The normalized spacial score (nSPS) is 13.7. The van der Waals surface area contributed by atoms with Gasteiger partial charge < -0.3 is 25.4 Å². The topological polar surface area (TPSA) is 136 Å². The van der Waals surface area contributed by atoms with Crippen molar-refractivity contribution < 1.29 is 34.1 Å². The van der Waals surface area contributed by atoms with Crippen molar-refractivity contribution in [3.8, 4) is 0 Å². The van der Waals surface area contributed by atoms with E-state index < -0.39 is 43.3 Å². The van der Waals surface area contributed by atoms with Gasteiger partial charge in [-0.3, -0.25) is 4.79 Å². The molecule has 2 atom stereocenters. The average molecular weight is 235 g/mol. The zero-order valence-corrected chi connectivity index (χ0v) is 8.58. The van der Waals surface area contributed by atoms with E-state index in [-0.39, 0.29) is 0 Å². The molecule has 0 amide bonds. The number of ether oxygens (including phenoxy) is 2. The molecule has 0 spiro atoms. The van der Waals surface area contributed by atoms with Crippen LogP contribution < -0.4 is 5.73 Å². The van der Waals surface area contributed by atoms with Crippen molar-refractivity contribution in [3.05, 3.63) is 0 Å². The van der Waals surface area contributed by atoms with E-state index in [1.54, 1.807) is 0 Å². The van der Waals surface area contributed by atoms with Crippen LogP contribution in [0.4, 0.5) is 0 Å². The molecule has 92 valence electrons. The van der Waals surface area contributed by atoms with Crippen molar-refractivity contribution in [2.75, 3.05) is 13.2 Å². The van der Waals surface area contributed by atoms with Crippen LogP contribution in [-0.2, 0) is 23.9 Å². The minimum absolute atomic E-state index is 0.513. The van der Waals surface area contributed by atoms with Crippen LogP contribution in [0, 0.1) is 0 Å². The SMILES string of the molecule is CC(O)C(=O)OCC(=O)OCC(N)C(=O)O. The van der Waals surface area contributed by atoms with E-state index in [9.17, 15) is 14.4 Å². The smallest absolute Gasteiger partial charge is 0.344 e. The molecule has 0 radical (unpaired) electrons. The lowest BCUT2D eigenvalue weighted by Crippen LogP contribution is -2.36. The highest BCUT2D eigenvalue weighted by Crippen LogP contribution is 1.90. The second kappa shape index (κ2) is 6.75. The lowest BCUT2D eigenvalue weighted by atomic mass is 10.3. The van der Waals surface area contributed by atoms with Crippen LogP contribution in [0.2, 0.25) is 0 Å². The first-order valence-corrected chi connectivity index (χ1v) is 4.33. The summed E-state index contributed by atoms with van der Waals surface area (Å²) in [6.45, 7) is -0.0372. The highest BCUT2D eigenvalue weighted by atomic mass is 16.6. The largest absolute Gasteiger partial charge is 0.480 e. The third-order valence-corrected chi connectivity index (χ3v) is 1.41. The number of hydrogen-bond acceptors (Lipinski definition) is 7. The second-order valence-electron chi connectivity index (χ2n) is 2.91. The Balaban J connectivity index is 3.76. The number of carbonyl (C=O) groups is 3. The van der Waals surface area contributed by atoms with Gasteiger partial charge in [0, 0.05) is 0 Å². The fourth-order valence-electron chi connectivity index (χ4n) is 0.546. The van der Waals surface area contributed by atoms with Crippen molar-refractivity contribution in [3.63, 3.8) is 0 Å². The molecule has 0 heterocycles.